The van der Waals surface area contributed by atoms with Crippen molar-refractivity contribution >= 4 is 12.1 Å². The minimum Gasteiger partial charge on any atom is -0.352 e. The summed E-state index contributed by atoms with van der Waals surface area (Å²) >= 11 is 0. The van der Waals surface area contributed by atoms with E-state index in [1.54, 1.807) is 0 Å². The molecule has 0 spiro atoms. The molecule has 198 valence electrons. The Balaban J connectivity index is 1.30. The van der Waals surface area contributed by atoms with Gasteiger partial charge in [-0.15, -0.1) is 0 Å². The highest BCUT2D eigenvalue weighted by molar-refractivity contribution is 5.85. The molecule has 1 aliphatic carbocycles. The summed E-state index contributed by atoms with van der Waals surface area (Å²) in [5.74, 6) is 0.112. The van der Waals surface area contributed by atoms with Crippen LogP contribution in [0, 0.1) is 11.3 Å². The zero-order valence-electron chi connectivity index (χ0n) is 20.1. The lowest BCUT2D eigenvalue weighted by Gasteiger charge is -2.29. The van der Waals surface area contributed by atoms with Gasteiger partial charge in [-0.3, -0.25) is 14.7 Å². The van der Waals surface area contributed by atoms with Crippen LogP contribution in [0.25, 0.3) is 0 Å². The fourth-order valence-electron chi connectivity index (χ4n) is 5.41. The van der Waals surface area contributed by atoms with Crippen LogP contribution in [0.4, 0.5) is 26.3 Å². The molecule has 10 heteroatoms. The maximum absolute atomic E-state index is 13.4. The molecule has 3 aliphatic rings. The highest BCUT2D eigenvalue weighted by atomic mass is 19.4. The van der Waals surface area contributed by atoms with Crippen LogP contribution in [0.5, 0.6) is 0 Å². The second-order valence-electron chi connectivity index (χ2n) is 10.5. The predicted octanol–water partition coefficient (Wildman–Crippen LogP) is 5.97. The maximum atomic E-state index is 13.4. The summed E-state index contributed by atoms with van der Waals surface area (Å²) in [6.07, 6.45) is -4.68. The molecule has 1 N–H and O–H groups in total. The van der Waals surface area contributed by atoms with Gasteiger partial charge < -0.3 is 5.32 Å². The summed E-state index contributed by atoms with van der Waals surface area (Å²) in [7, 11) is 0. The van der Waals surface area contributed by atoms with Crippen molar-refractivity contribution in [2.45, 2.75) is 57.7 Å². The molecular weight excluding hydrogens is 496 g/mol. The molecule has 0 aromatic heterocycles. The third-order valence-corrected chi connectivity index (χ3v) is 7.50. The van der Waals surface area contributed by atoms with Crippen LogP contribution >= 0.6 is 0 Å². The number of hydrogen-bond acceptors (Lipinski definition) is 3. The SMILES string of the molecule is O=C(NCc1cc(C(F)(F)F)cc(C(F)(F)F)c1)C1(CC2CC2)CCN(Cc2ccc3c(c2)C=NC3)C1. The molecular formula is C27H27F6N3O. The number of alkyl halides is 6. The number of aliphatic imine (C=N–C) groups is 1. The number of carbonyl (C=O) groups excluding carboxylic acids is 1. The average Bonchev–Trinajstić information content (AvgIpc) is 3.35. The largest absolute Gasteiger partial charge is 0.416 e. The van der Waals surface area contributed by atoms with Crippen LogP contribution in [-0.4, -0.2) is 30.1 Å². The number of amides is 1. The third kappa shape index (κ3) is 5.84. The maximum Gasteiger partial charge on any atom is 0.416 e. The number of halogens is 6. The molecule has 2 heterocycles. The van der Waals surface area contributed by atoms with Crippen LogP contribution in [0.15, 0.2) is 41.4 Å². The lowest BCUT2D eigenvalue weighted by Crippen LogP contribution is -2.43. The molecule has 1 saturated heterocycles. The Morgan fingerprint density at radius 1 is 1.00 bits per heavy atom. The summed E-state index contributed by atoms with van der Waals surface area (Å²) in [5, 5.41) is 2.67. The van der Waals surface area contributed by atoms with Crippen molar-refractivity contribution in [3.8, 4) is 0 Å². The number of nitrogens with one attached hydrogen (secondary N) is 1. The topological polar surface area (TPSA) is 44.7 Å². The Bertz CT molecular complexity index is 1190. The van der Waals surface area contributed by atoms with E-state index in [2.05, 4.69) is 33.4 Å². The number of likely N-dealkylation sites (tertiary alicyclic amines) is 1. The first-order chi connectivity index (χ1) is 17.4. The highest BCUT2D eigenvalue weighted by Gasteiger charge is 2.47. The Morgan fingerprint density at radius 2 is 1.70 bits per heavy atom. The molecule has 0 radical (unpaired) electrons. The van der Waals surface area contributed by atoms with E-state index in [4.69, 9.17) is 0 Å². The number of carbonyl (C=O) groups is 1. The van der Waals surface area contributed by atoms with Crippen molar-refractivity contribution in [1.82, 2.24) is 10.2 Å². The van der Waals surface area contributed by atoms with Gasteiger partial charge in [0.05, 0.1) is 23.1 Å². The number of fused-ring (bicyclic) bond motifs is 1. The van der Waals surface area contributed by atoms with Crippen molar-refractivity contribution in [3.63, 3.8) is 0 Å². The Labute approximate surface area is 210 Å². The molecule has 1 amide bonds. The molecule has 1 atom stereocenters. The monoisotopic (exact) mass is 523 g/mol. The van der Waals surface area contributed by atoms with Gasteiger partial charge in [0, 0.05) is 25.8 Å². The Kier molecular flexibility index (Phi) is 6.58. The summed E-state index contributed by atoms with van der Waals surface area (Å²) in [6.45, 7) is 2.12. The number of rotatable bonds is 7. The Morgan fingerprint density at radius 3 is 2.35 bits per heavy atom. The smallest absolute Gasteiger partial charge is 0.352 e. The summed E-state index contributed by atoms with van der Waals surface area (Å²) < 4.78 is 79.3. The van der Waals surface area contributed by atoms with Crippen molar-refractivity contribution in [1.29, 1.82) is 0 Å². The molecule has 2 aromatic rings. The van der Waals surface area contributed by atoms with Crippen LogP contribution < -0.4 is 5.32 Å². The number of nitrogens with zero attached hydrogens (tertiary/aromatic N) is 2. The summed E-state index contributed by atoms with van der Waals surface area (Å²) in [5.41, 5.74) is -0.330. The normalized spacial score (nSPS) is 21.9. The fraction of sp³-hybridized carbons (Fsp3) is 0.481. The van der Waals surface area contributed by atoms with Crippen molar-refractivity contribution < 1.29 is 31.1 Å². The molecule has 4 nitrogen and oxygen atoms in total. The van der Waals surface area contributed by atoms with Crippen LogP contribution in [-0.2, 0) is 36.8 Å². The molecule has 2 fully saturated rings. The molecule has 2 aliphatic heterocycles. The van der Waals surface area contributed by atoms with E-state index in [0.717, 1.165) is 24.0 Å². The first-order valence-electron chi connectivity index (χ1n) is 12.3. The lowest BCUT2D eigenvalue weighted by atomic mass is 9.80. The van der Waals surface area contributed by atoms with E-state index in [9.17, 15) is 31.1 Å². The predicted molar refractivity (Wildman–Crippen MR) is 126 cm³/mol. The van der Waals surface area contributed by atoms with E-state index in [1.807, 2.05) is 6.21 Å². The van der Waals surface area contributed by atoms with Crippen LogP contribution in [0.2, 0.25) is 0 Å². The van der Waals surface area contributed by atoms with E-state index in [-0.39, 0.29) is 17.5 Å². The number of hydrogen-bond donors (Lipinski definition) is 1. The minimum atomic E-state index is -4.93. The third-order valence-electron chi connectivity index (χ3n) is 7.50. The fourth-order valence-corrected chi connectivity index (χ4v) is 5.41. The lowest BCUT2D eigenvalue weighted by molar-refractivity contribution is -0.143. The van der Waals surface area contributed by atoms with Crippen molar-refractivity contribution in [2.75, 3.05) is 13.1 Å². The van der Waals surface area contributed by atoms with Gasteiger partial charge in [-0.1, -0.05) is 25.0 Å². The standard InChI is InChI=1S/C27H27F6N3O/c28-26(29,30)22-8-19(9-23(10-22)27(31,32)33)12-35-24(37)25(11-17-1-2-17)5-6-36(16-25)15-18-3-4-20-13-34-14-21(20)7-18/h3-4,7-10,14,17H,1-2,5-6,11-13,15-16H2,(H,35,37). The van der Waals surface area contributed by atoms with Gasteiger partial charge in [-0.25, -0.2) is 0 Å². The van der Waals surface area contributed by atoms with E-state index >= 15 is 0 Å². The second-order valence-corrected chi connectivity index (χ2v) is 10.5. The zero-order valence-corrected chi connectivity index (χ0v) is 20.1. The first kappa shape index (κ1) is 25.8. The second kappa shape index (κ2) is 9.45. The van der Waals surface area contributed by atoms with E-state index in [0.29, 0.717) is 57.1 Å². The molecule has 5 rings (SSSR count). The van der Waals surface area contributed by atoms with Gasteiger partial charge >= 0.3 is 12.4 Å². The Hall–Kier alpha value is -2.88. The molecule has 37 heavy (non-hydrogen) atoms. The molecule has 1 unspecified atom stereocenters. The average molecular weight is 524 g/mol. The van der Waals surface area contributed by atoms with Gasteiger partial charge in [-0.05, 0) is 71.8 Å². The van der Waals surface area contributed by atoms with E-state index in [1.165, 1.54) is 5.56 Å². The first-order valence-corrected chi connectivity index (χ1v) is 12.3. The van der Waals surface area contributed by atoms with Gasteiger partial charge in [0.15, 0.2) is 0 Å². The van der Waals surface area contributed by atoms with Crippen molar-refractivity contribution in [3.05, 3.63) is 69.8 Å². The highest BCUT2D eigenvalue weighted by Crippen LogP contribution is 2.46. The quantitative estimate of drug-likeness (QED) is 0.455. The van der Waals surface area contributed by atoms with E-state index < -0.39 is 35.4 Å². The van der Waals surface area contributed by atoms with Gasteiger partial charge in [-0.2, -0.15) is 26.3 Å². The molecule has 1 saturated carbocycles. The molecule has 0 bridgehead atoms. The van der Waals surface area contributed by atoms with Crippen molar-refractivity contribution in [2.24, 2.45) is 16.3 Å². The van der Waals surface area contributed by atoms with Crippen LogP contribution in [0.1, 0.15) is 59.1 Å². The van der Waals surface area contributed by atoms with Crippen LogP contribution in [0.3, 0.4) is 0 Å². The molecule has 2 aromatic carbocycles. The summed E-state index contributed by atoms with van der Waals surface area (Å²) in [4.78, 5) is 19.9. The number of benzene rings is 2. The minimum absolute atomic E-state index is 0.0968. The summed E-state index contributed by atoms with van der Waals surface area (Å²) in [6, 6.07) is 7.64. The zero-order chi connectivity index (χ0) is 26.4. The van der Waals surface area contributed by atoms with Gasteiger partial charge in [0.2, 0.25) is 5.91 Å². The van der Waals surface area contributed by atoms with Gasteiger partial charge in [0.25, 0.3) is 0 Å². The van der Waals surface area contributed by atoms with Gasteiger partial charge in [0.1, 0.15) is 0 Å².